The molecule has 0 aliphatic carbocycles. The van der Waals surface area contributed by atoms with Crippen molar-refractivity contribution in [2.24, 2.45) is 0 Å². The molecule has 0 heterocycles. The van der Waals surface area contributed by atoms with E-state index in [1.54, 1.807) is 36.4 Å². The number of hydrogen-bond acceptors (Lipinski definition) is 2. The van der Waals surface area contributed by atoms with Crippen LogP contribution < -0.4 is 10.1 Å². The molecule has 0 atom stereocenters. The van der Waals surface area contributed by atoms with Gasteiger partial charge in [-0.15, -0.1) is 0 Å². The molecule has 0 fully saturated rings. The van der Waals surface area contributed by atoms with Gasteiger partial charge in [0.1, 0.15) is 0 Å². The molecular weight excluding hydrogens is 369 g/mol. The zero-order valence-electron chi connectivity index (χ0n) is 13.2. The number of amides is 1. The second-order valence-corrected chi connectivity index (χ2v) is 6.54. The van der Waals surface area contributed by atoms with Gasteiger partial charge in [-0.25, -0.2) is 0 Å². The van der Waals surface area contributed by atoms with Crippen molar-refractivity contribution in [1.82, 2.24) is 0 Å². The molecule has 0 spiro atoms. The lowest BCUT2D eigenvalue weighted by atomic mass is 10.2. The molecule has 0 aliphatic heterocycles. The third kappa shape index (κ3) is 5.30. The van der Waals surface area contributed by atoms with Gasteiger partial charge in [0, 0.05) is 16.3 Å². The molecule has 0 saturated heterocycles. The summed E-state index contributed by atoms with van der Waals surface area (Å²) in [5.41, 5.74) is 0.950. The van der Waals surface area contributed by atoms with Gasteiger partial charge >= 0.3 is 0 Å². The highest BCUT2D eigenvalue weighted by Crippen LogP contribution is 2.34. The van der Waals surface area contributed by atoms with Crippen molar-refractivity contribution in [1.29, 1.82) is 0 Å². The predicted molar refractivity (Wildman–Crippen MR) is 101 cm³/mol. The second-order valence-electron chi connectivity index (χ2n) is 5.29. The summed E-state index contributed by atoms with van der Waals surface area (Å²) in [5.74, 6) is 0.0901. The topological polar surface area (TPSA) is 38.3 Å². The average molecular weight is 387 g/mol. The van der Waals surface area contributed by atoms with Gasteiger partial charge in [-0.2, -0.15) is 0 Å². The maximum absolute atomic E-state index is 12.3. The fraction of sp³-hybridized carbons (Fsp3) is 0.278. The first-order chi connectivity index (χ1) is 11.5. The lowest BCUT2D eigenvalue weighted by molar-refractivity contribution is 0.102. The summed E-state index contributed by atoms with van der Waals surface area (Å²) in [5, 5.41) is 3.92. The van der Waals surface area contributed by atoms with Crippen LogP contribution in [0.25, 0.3) is 0 Å². The van der Waals surface area contributed by atoms with Gasteiger partial charge in [-0.3, -0.25) is 4.79 Å². The fourth-order valence-electron chi connectivity index (χ4n) is 2.12. The first-order valence-corrected chi connectivity index (χ1v) is 8.83. The van der Waals surface area contributed by atoms with Gasteiger partial charge in [-0.1, -0.05) is 60.6 Å². The highest BCUT2D eigenvalue weighted by Gasteiger charge is 2.14. The van der Waals surface area contributed by atoms with Crippen molar-refractivity contribution >= 4 is 46.4 Å². The zero-order chi connectivity index (χ0) is 17.5. The molecule has 0 aliphatic rings. The van der Waals surface area contributed by atoms with E-state index in [2.05, 4.69) is 12.2 Å². The summed E-state index contributed by atoms with van der Waals surface area (Å²) < 4.78 is 5.63. The van der Waals surface area contributed by atoms with Gasteiger partial charge in [0.15, 0.2) is 5.75 Å². The van der Waals surface area contributed by atoms with Gasteiger partial charge in [-0.05, 0) is 36.8 Å². The minimum absolute atomic E-state index is 0.315. The SMILES string of the molecule is CCCCCOc1c(Cl)cc(C(=O)Nc2cccc(Cl)c2)cc1Cl. The highest BCUT2D eigenvalue weighted by atomic mass is 35.5. The minimum Gasteiger partial charge on any atom is -0.490 e. The Morgan fingerprint density at radius 2 is 1.79 bits per heavy atom. The van der Waals surface area contributed by atoms with E-state index in [0.717, 1.165) is 19.3 Å². The number of unbranched alkanes of at least 4 members (excludes halogenated alkanes) is 2. The van der Waals surface area contributed by atoms with Crippen molar-refractivity contribution in [2.45, 2.75) is 26.2 Å². The molecule has 1 amide bonds. The summed E-state index contributed by atoms with van der Waals surface area (Å²) in [4.78, 5) is 12.3. The van der Waals surface area contributed by atoms with E-state index in [1.165, 1.54) is 0 Å². The molecule has 0 bridgehead atoms. The maximum atomic E-state index is 12.3. The zero-order valence-corrected chi connectivity index (χ0v) is 15.5. The molecule has 0 aromatic heterocycles. The summed E-state index contributed by atoms with van der Waals surface area (Å²) in [6, 6.07) is 9.98. The van der Waals surface area contributed by atoms with E-state index in [-0.39, 0.29) is 5.91 Å². The number of hydrogen-bond donors (Lipinski definition) is 1. The van der Waals surface area contributed by atoms with Crippen LogP contribution in [-0.4, -0.2) is 12.5 Å². The molecular formula is C18H18Cl3NO2. The fourth-order valence-corrected chi connectivity index (χ4v) is 2.91. The second kappa shape index (κ2) is 9.16. The third-order valence-electron chi connectivity index (χ3n) is 3.34. The minimum atomic E-state index is -0.321. The van der Waals surface area contributed by atoms with Gasteiger partial charge in [0.05, 0.1) is 16.7 Å². The van der Waals surface area contributed by atoms with E-state index in [0.29, 0.717) is 38.7 Å². The quantitative estimate of drug-likeness (QED) is 0.554. The van der Waals surface area contributed by atoms with Gasteiger partial charge in [0.25, 0.3) is 5.91 Å². The van der Waals surface area contributed by atoms with E-state index < -0.39 is 0 Å². The molecule has 2 aromatic rings. The number of anilines is 1. The van der Waals surface area contributed by atoms with Crippen LogP contribution in [0.2, 0.25) is 15.1 Å². The Labute approximate surface area is 156 Å². The highest BCUT2D eigenvalue weighted by molar-refractivity contribution is 6.37. The number of ether oxygens (including phenoxy) is 1. The molecule has 128 valence electrons. The number of rotatable bonds is 7. The van der Waals surface area contributed by atoms with Crippen LogP contribution in [0.4, 0.5) is 5.69 Å². The van der Waals surface area contributed by atoms with Gasteiger partial charge < -0.3 is 10.1 Å². The Hall–Kier alpha value is -1.42. The molecule has 2 rings (SSSR count). The molecule has 24 heavy (non-hydrogen) atoms. The Bertz CT molecular complexity index is 696. The predicted octanol–water partition coefficient (Wildman–Crippen LogP) is 6.47. The molecule has 2 aromatic carbocycles. The van der Waals surface area contributed by atoms with Crippen LogP contribution in [0.3, 0.4) is 0 Å². The average Bonchev–Trinajstić information content (AvgIpc) is 2.53. The monoisotopic (exact) mass is 385 g/mol. The lowest BCUT2D eigenvalue weighted by Crippen LogP contribution is -2.12. The van der Waals surface area contributed by atoms with Crippen molar-refractivity contribution in [3.8, 4) is 5.75 Å². The first kappa shape index (κ1) is 18.9. The van der Waals surface area contributed by atoms with E-state index in [1.807, 2.05) is 0 Å². The summed E-state index contributed by atoms with van der Waals surface area (Å²) in [6.07, 6.45) is 3.11. The van der Waals surface area contributed by atoms with Crippen LogP contribution in [0.1, 0.15) is 36.5 Å². The van der Waals surface area contributed by atoms with Crippen molar-refractivity contribution in [3.05, 3.63) is 57.0 Å². The number of nitrogens with one attached hydrogen (secondary N) is 1. The Morgan fingerprint density at radius 1 is 1.08 bits per heavy atom. The summed E-state index contributed by atoms with van der Waals surface area (Å²) in [6.45, 7) is 2.66. The molecule has 1 N–H and O–H groups in total. The molecule has 0 radical (unpaired) electrons. The van der Waals surface area contributed by atoms with E-state index >= 15 is 0 Å². The third-order valence-corrected chi connectivity index (χ3v) is 4.13. The summed E-state index contributed by atoms with van der Waals surface area (Å²) >= 11 is 18.3. The van der Waals surface area contributed by atoms with Gasteiger partial charge in [0.2, 0.25) is 0 Å². The summed E-state index contributed by atoms with van der Waals surface area (Å²) in [7, 11) is 0. The Kier molecular flexibility index (Phi) is 7.22. The number of carbonyl (C=O) groups is 1. The van der Waals surface area contributed by atoms with Crippen LogP contribution in [-0.2, 0) is 0 Å². The molecule has 6 heteroatoms. The van der Waals surface area contributed by atoms with Crippen LogP contribution in [0, 0.1) is 0 Å². The molecule has 0 unspecified atom stereocenters. The van der Waals surface area contributed by atoms with Crippen LogP contribution in [0.5, 0.6) is 5.75 Å². The number of benzene rings is 2. The molecule has 0 saturated carbocycles. The molecule has 3 nitrogen and oxygen atoms in total. The van der Waals surface area contributed by atoms with E-state index in [9.17, 15) is 4.79 Å². The van der Waals surface area contributed by atoms with Crippen molar-refractivity contribution in [2.75, 3.05) is 11.9 Å². The van der Waals surface area contributed by atoms with Crippen molar-refractivity contribution < 1.29 is 9.53 Å². The standard InChI is InChI=1S/C18H18Cl3NO2/c1-2-3-4-8-24-17-15(20)9-12(10-16(17)21)18(23)22-14-7-5-6-13(19)11-14/h5-7,9-11H,2-4,8H2,1H3,(H,22,23). The normalized spacial score (nSPS) is 10.5. The van der Waals surface area contributed by atoms with Crippen molar-refractivity contribution in [3.63, 3.8) is 0 Å². The maximum Gasteiger partial charge on any atom is 0.255 e. The van der Waals surface area contributed by atoms with Crippen LogP contribution in [0.15, 0.2) is 36.4 Å². The Morgan fingerprint density at radius 3 is 2.42 bits per heavy atom. The number of carbonyl (C=O) groups excluding carboxylic acids is 1. The largest absolute Gasteiger partial charge is 0.490 e. The Balaban J connectivity index is 2.09. The smallest absolute Gasteiger partial charge is 0.255 e. The van der Waals surface area contributed by atoms with Crippen LogP contribution >= 0.6 is 34.8 Å². The first-order valence-electron chi connectivity index (χ1n) is 7.70. The lowest BCUT2D eigenvalue weighted by Gasteiger charge is -2.12. The number of halogens is 3. The van der Waals surface area contributed by atoms with E-state index in [4.69, 9.17) is 39.5 Å².